The Bertz CT molecular complexity index is 3010. The largest absolute Gasteiger partial charge is 0.0622 e. The van der Waals surface area contributed by atoms with Crippen LogP contribution < -0.4 is 0 Å². The lowest BCUT2D eigenvalue weighted by molar-refractivity contribution is 1.58. The molecule has 0 amide bonds. The van der Waals surface area contributed by atoms with Crippen molar-refractivity contribution in [2.75, 3.05) is 0 Å². The number of hydrogen-bond donors (Lipinski definition) is 0. The van der Waals surface area contributed by atoms with Gasteiger partial charge in [0.2, 0.25) is 0 Å². The molecule has 11 aromatic carbocycles. The van der Waals surface area contributed by atoms with Gasteiger partial charge in [-0.05, 0) is 134 Å². The van der Waals surface area contributed by atoms with Crippen LogP contribution in [0.25, 0.3) is 110 Å². The van der Waals surface area contributed by atoms with Crippen molar-refractivity contribution >= 4 is 43.1 Å². The van der Waals surface area contributed by atoms with Crippen LogP contribution >= 0.6 is 0 Å². The molecular formula is C58H38. The summed E-state index contributed by atoms with van der Waals surface area (Å²) in [5.74, 6) is 0. The lowest BCUT2D eigenvalue weighted by atomic mass is 9.82. The number of hydrogen-bond acceptors (Lipinski definition) is 0. The molecule has 0 aliphatic rings. The van der Waals surface area contributed by atoms with Gasteiger partial charge in [0.1, 0.15) is 0 Å². The van der Waals surface area contributed by atoms with Crippen molar-refractivity contribution in [3.63, 3.8) is 0 Å². The summed E-state index contributed by atoms with van der Waals surface area (Å²) in [4.78, 5) is 0. The summed E-state index contributed by atoms with van der Waals surface area (Å²) in [6.45, 7) is 0. The van der Waals surface area contributed by atoms with Gasteiger partial charge in [0, 0.05) is 0 Å². The fourth-order valence-electron chi connectivity index (χ4n) is 9.30. The first-order chi connectivity index (χ1) is 28.8. The summed E-state index contributed by atoms with van der Waals surface area (Å²) < 4.78 is 0. The summed E-state index contributed by atoms with van der Waals surface area (Å²) in [5, 5.41) is 10.00. The third kappa shape index (κ3) is 5.69. The Kier molecular flexibility index (Phi) is 8.26. The number of rotatable bonds is 6. The molecule has 0 saturated heterocycles. The minimum Gasteiger partial charge on any atom is -0.0622 e. The van der Waals surface area contributed by atoms with E-state index in [0.717, 1.165) is 0 Å². The number of fused-ring (bicyclic) bond motifs is 4. The summed E-state index contributed by atoms with van der Waals surface area (Å²) in [7, 11) is 0. The van der Waals surface area contributed by atoms with Crippen molar-refractivity contribution < 1.29 is 0 Å². The van der Waals surface area contributed by atoms with Crippen molar-refractivity contribution in [3.05, 3.63) is 231 Å². The Morgan fingerprint density at radius 1 is 0.138 bits per heavy atom. The Labute approximate surface area is 339 Å². The third-order valence-electron chi connectivity index (χ3n) is 11.8. The molecule has 11 rings (SSSR count). The highest BCUT2D eigenvalue weighted by atomic mass is 14.2. The molecule has 0 aromatic heterocycles. The quantitative estimate of drug-likeness (QED) is 0.149. The standard InChI is InChI=1S/C58H38/c1-4-19-39(20-5-1)42-25-18-26-43(35-42)44-36-45(57-51-31-14-10-27-47(51)55(40-21-6-2-7-22-40)48-28-11-15-32-52(48)57)38-46(37-44)58-53-33-16-12-29-49(53)56(41-23-8-3-9-24-41)50-30-13-17-34-54(50)58/h1-38H. The number of benzene rings is 11. The molecule has 0 heteroatoms. The zero-order valence-corrected chi connectivity index (χ0v) is 31.9. The molecule has 0 heterocycles. The lowest BCUT2D eigenvalue weighted by Gasteiger charge is -2.21. The van der Waals surface area contributed by atoms with E-state index in [9.17, 15) is 0 Å². The van der Waals surface area contributed by atoms with Crippen LogP contribution in [-0.2, 0) is 0 Å². The van der Waals surface area contributed by atoms with E-state index in [4.69, 9.17) is 0 Å². The van der Waals surface area contributed by atoms with Gasteiger partial charge >= 0.3 is 0 Å². The Hall–Kier alpha value is -7.54. The van der Waals surface area contributed by atoms with Crippen LogP contribution in [0.4, 0.5) is 0 Å². The Morgan fingerprint density at radius 3 is 0.707 bits per heavy atom. The molecule has 0 aliphatic carbocycles. The molecule has 0 N–H and O–H groups in total. The first-order valence-corrected chi connectivity index (χ1v) is 20.1. The van der Waals surface area contributed by atoms with Crippen molar-refractivity contribution in [1.29, 1.82) is 0 Å². The van der Waals surface area contributed by atoms with Crippen molar-refractivity contribution in [1.82, 2.24) is 0 Å². The fourth-order valence-corrected chi connectivity index (χ4v) is 9.30. The second kappa shape index (κ2) is 14.2. The average Bonchev–Trinajstić information content (AvgIpc) is 3.30. The van der Waals surface area contributed by atoms with E-state index in [2.05, 4.69) is 231 Å². The molecule has 11 aromatic rings. The molecule has 0 radical (unpaired) electrons. The first-order valence-electron chi connectivity index (χ1n) is 20.1. The van der Waals surface area contributed by atoms with Crippen molar-refractivity contribution in [2.24, 2.45) is 0 Å². The van der Waals surface area contributed by atoms with Gasteiger partial charge in [-0.2, -0.15) is 0 Å². The van der Waals surface area contributed by atoms with Gasteiger partial charge in [-0.25, -0.2) is 0 Å². The van der Waals surface area contributed by atoms with E-state index < -0.39 is 0 Å². The van der Waals surface area contributed by atoms with Crippen LogP contribution in [0.1, 0.15) is 0 Å². The predicted molar refractivity (Wildman–Crippen MR) is 249 cm³/mol. The zero-order valence-electron chi connectivity index (χ0n) is 31.9. The normalized spacial score (nSPS) is 11.4. The summed E-state index contributed by atoms with van der Waals surface area (Å²) in [6, 6.07) is 84.6. The molecule has 0 fully saturated rings. The molecular weight excluding hydrogens is 697 g/mol. The van der Waals surface area contributed by atoms with Crippen molar-refractivity contribution in [3.8, 4) is 66.8 Å². The maximum atomic E-state index is 2.46. The van der Waals surface area contributed by atoms with Crippen LogP contribution in [-0.4, -0.2) is 0 Å². The van der Waals surface area contributed by atoms with Crippen LogP contribution in [0.15, 0.2) is 231 Å². The van der Waals surface area contributed by atoms with E-state index in [1.54, 1.807) is 0 Å². The lowest BCUT2D eigenvalue weighted by Crippen LogP contribution is -1.94. The smallest absolute Gasteiger partial charge is 0.00259 e. The minimum atomic E-state index is 1.19. The monoisotopic (exact) mass is 734 g/mol. The molecule has 0 atom stereocenters. The van der Waals surface area contributed by atoms with E-state index in [0.29, 0.717) is 0 Å². The van der Waals surface area contributed by atoms with Gasteiger partial charge in [-0.15, -0.1) is 0 Å². The average molecular weight is 735 g/mol. The molecule has 0 saturated carbocycles. The SMILES string of the molecule is c1ccc(-c2cccc(-c3cc(-c4c5ccccc5c(-c5ccccc5)c5ccccc45)cc(-c4c5ccccc5c(-c5ccccc5)c5ccccc45)c3)c2)cc1. The molecule has 0 unspecified atom stereocenters. The van der Waals surface area contributed by atoms with E-state index in [1.165, 1.54) is 110 Å². The molecule has 270 valence electrons. The molecule has 0 nitrogen and oxygen atoms in total. The van der Waals surface area contributed by atoms with E-state index in [1.807, 2.05) is 0 Å². The van der Waals surface area contributed by atoms with Gasteiger partial charge in [0.25, 0.3) is 0 Å². The van der Waals surface area contributed by atoms with E-state index in [-0.39, 0.29) is 0 Å². The van der Waals surface area contributed by atoms with Crippen molar-refractivity contribution in [2.45, 2.75) is 0 Å². The second-order valence-electron chi connectivity index (χ2n) is 15.2. The van der Waals surface area contributed by atoms with Crippen LogP contribution in [0.5, 0.6) is 0 Å². The third-order valence-corrected chi connectivity index (χ3v) is 11.8. The summed E-state index contributed by atoms with van der Waals surface area (Å²) in [5.41, 5.74) is 14.7. The minimum absolute atomic E-state index is 1.19. The van der Waals surface area contributed by atoms with Gasteiger partial charge in [-0.3, -0.25) is 0 Å². The predicted octanol–water partition coefficient (Wildman–Crippen LogP) is 16.3. The highest BCUT2D eigenvalue weighted by Crippen LogP contribution is 2.48. The molecule has 0 bridgehead atoms. The van der Waals surface area contributed by atoms with Crippen LogP contribution in [0.3, 0.4) is 0 Å². The molecule has 58 heavy (non-hydrogen) atoms. The van der Waals surface area contributed by atoms with Crippen LogP contribution in [0, 0.1) is 0 Å². The Balaban J connectivity index is 1.26. The fraction of sp³-hybridized carbons (Fsp3) is 0. The maximum absolute atomic E-state index is 2.46. The topological polar surface area (TPSA) is 0 Å². The van der Waals surface area contributed by atoms with Gasteiger partial charge in [-0.1, -0.05) is 206 Å². The highest BCUT2D eigenvalue weighted by molar-refractivity contribution is 6.24. The molecule has 0 aliphatic heterocycles. The summed E-state index contributed by atoms with van der Waals surface area (Å²) >= 11 is 0. The van der Waals surface area contributed by atoms with E-state index >= 15 is 0 Å². The van der Waals surface area contributed by atoms with Crippen LogP contribution in [0.2, 0.25) is 0 Å². The van der Waals surface area contributed by atoms with Gasteiger partial charge in [0.05, 0.1) is 0 Å². The second-order valence-corrected chi connectivity index (χ2v) is 15.2. The zero-order chi connectivity index (χ0) is 38.4. The molecule has 0 spiro atoms. The van der Waals surface area contributed by atoms with Gasteiger partial charge < -0.3 is 0 Å². The van der Waals surface area contributed by atoms with Gasteiger partial charge in [0.15, 0.2) is 0 Å². The highest BCUT2D eigenvalue weighted by Gasteiger charge is 2.21. The maximum Gasteiger partial charge on any atom is -0.00259 e. The first kappa shape index (κ1) is 33.8. The Morgan fingerprint density at radius 2 is 0.362 bits per heavy atom. The summed E-state index contributed by atoms with van der Waals surface area (Å²) in [6.07, 6.45) is 0.